The summed E-state index contributed by atoms with van der Waals surface area (Å²) < 4.78 is 5.39. The molecule has 0 aromatic rings. The van der Waals surface area contributed by atoms with E-state index in [-0.39, 0.29) is 11.8 Å². The molecule has 1 atom stereocenters. The zero-order valence-electron chi connectivity index (χ0n) is 14.0. The Kier molecular flexibility index (Phi) is 6.63. The van der Waals surface area contributed by atoms with Crippen molar-refractivity contribution in [1.82, 2.24) is 10.2 Å². The lowest BCUT2D eigenvalue weighted by molar-refractivity contribution is -0.125. The molecule has 1 amide bonds. The first-order valence-corrected chi connectivity index (χ1v) is 7.86. The molecule has 0 unspecified atom stereocenters. The van der Waals surface area contributed by atoms with E-state index in [0.717, 1.165) is 26.1 Å². The lowest BCUT2D eigenvalue weighted by Crippen LogP contribution is -2.54. The number of nitriles is 1. The zero-order chi connectivity index (χ0) is 16.0. The predicted octanol–water partition coefficient (Wildman–Crippen LogP) is 1.93. The summed E-state index contributed by atoms with van der Waals surface area (Å²) in [7, 11) is 0. The Balaban J connectivity index is 2.67. The van der Waals surface area contributed by atoms with Crippen LogP contribution in [-0.2, 0) is 9.53 Å². The van der Waals surface area contributed by atoms with E-state index in [1.54, 1.807) is 6.92 Å². The molecule has 1 saturated heterocycles. The molecule has 1 fully saturated rings. The molecule has 120 valence electrons. The quantitative estimate of drug-likeness (QED) is 0.813. The van der Waals surface area contributed by atoms with Gasteiger partial charge in [0.25, 0.3) is 0 Å². The summed E-state index contributed by atoms with van der Waals surface area (Å²) >= 11 is 0. The first-order valence-electron chi connectivity index (χ1n) is 7.86. The predicted molar refractivity (Wildman–Crippen MR) is 82.7 cm³/mol. The van der Waals surface area contributed by atoms with Gasteiger partial charge in [-0.15, -0.1) is 0 Å². The second-order valence-corrected chi connectivity index (χ2v) is 6.63. The van der Waals surface area contributed by atoms with Crippen LogP contribution in [0.4, 0.5) is 0 Å². The Morgan fingerprint density at radius 1 is 1.38 bits per heavy atom. The van der Waals surface area contributed by atoms with Crippen LogP contribution in [0.5, 0.6) is 0 Å². The van der Waals surface area contributed by atoms with E-state index in [1.807, 2.05) is 13.8 Å². The molecular formula is C16H29N3O2. The summed E-state index contributed by atoms with van der Waals surface area (Å²) in [6, 6.07) is 2.90. The molecule has 1 heterocycles. The topological polar surface area (TPSA) is 65.4 Å². The number of carbonyl (C=O) groups is 1. The molecule has 21 heavy (non-hydrogen) atoms. The number of carbonyl (C=O) groups excluding carboxylic acids is 1. The minimum Gasteiger partial charge on any atom is -0.381 e. The Bertz CT molecular complexity index is 383. The highest BCUT2D eigenvalue weighted by Gasteiger charge is 2.32. The van der Waals surface area contributed by atoms with Crippen LogP contribution < -0.4 is 5.32 Å². The van der Waals surface area contributed by atoms with Crippen LogP contribution in [0.25, 0.3) is 0 Å². The largest absolute Gasteiger partial charge is 0.381 e. The van der Waals surface area contributed by atoms with Gasteiger partial charge in [0, 0.05) is 25.3 Å². The van der Waals surface area contributed by atoms with Crippen LogP contribution in [0.2, 0.25) is 0 Å². The van der Waals surface area contributed by atoms with E-state index in [9.17, 15) is 10.1 Å². The van der Waals surface area contributed by atoms with Gasteiger partial charge in [-0.2, -0.15) is 5.26 Å². The third kappa shape index (κ3) is 4.98. The molecule has 1 aliphatic rings. The number of rotatable bonds is 6. The summed E-state index contributed by atoms with van der Waals surface area (Å²) in [6.45, 7) is 11.7. The lowest BCUT2D eigenvalue weighted by atomic mass is 9.90. The van der Waals surface area contributed by atoms with Gasteiger partial charge in [0.1, 0.15) is 5.54 Å². The minimum absolute atomic E-state index is 0.0713. The van der Waals surface area contributed by atoms with E-state index < -0.39 is 5.54 Å². The Labute approximate surface area is 128 Å². The number of amides is 1. The summed E-state index contributed by atoms with van der Waals surface area (Å²) in [5, 5.41) is 12.2. The van der Waals surface area contributed by atoms with Crippen LogP contribution in [0.1, 0.15) is 47.5 Å². The SMILES string of the molecule is CC(C)N(CC(=O)N[C@@](C)(C#N)C(C)C)C1CCOCC1. The highest BCUT2D eigenvalue weighted by Crippen LogP contribution is 2.18. The number of hydrogen-bond acceptors (Lipinski definition) is 4. The van der Waals surface area contributed by atoms with Gasteiger partial charge in [-0.25, -0.2) is 0 Å². The Morgan fingerprint density at radius 2 is 1.95 bits per heavy atom. The summed E-state index contributed by atoms with van der Waals surface area (Å²) in [4.78, 5) is 14.6. The minimum atomic E-state index is -0.810. The second kappa shape index (κ2) is 7.77. The van der Waals surface area contributed by atoms with Crippen molar-refractivity contribution < 1.29 is 9.53 Å². The molecule has 0 aromatic carbocycles. The molecule has 0 aliphatic carbocycles. The molecule has 0 bridgehead atoms. The van der Waals surface area contributed by atoms with E-state index in [4.69, 9.17) is 4.74 Å². The van der Waals surface area contributed by atoms with Crippen molar-refractivity contribution in [2.75, 3.05) is 19.8 Å². The van der Waals surface area contributed by atoms with Crippen LogP contribution in [-0.4, -0.2) is 48.2 Å². The van der Waals surface area contributed by atoms with Crippen molar-refractivity contribution in [2.24, 2.45) is 5.92 Å². The second-order valence-electron chi connectivity index (χ2n) is 6.63. The lowest BCUT2D eigenvalue weighted by Gasteiger charge is -2.37. The van der Waals surface area contributed by atoms with Gasteiger partial charge in [0.15, 0.2) is 0 Å². The third-order valence-corrected chi connectivity index (χ3v) is 4.44. The van der Waals surface area contributed by atoms with Crippen molar-refractivity contribution in [2.45, 2.75) is 65.1 Å². The van der Waals surface area contributed by atoms with Crippen molar-refractivity contribution in [1.29, 1.82) is 5.26 Å². The van der Waals surface area contributed by atoms with E-state index in [0.29, 0.717) is 18.6 Å². The monoisotopic (exact) mass is 295 g/mol. The third-order valence-electron chi connectivity index (χ3n) is 4.44. The van der Waals surface area contributed by atoms with Crippen molar-refractivity contribution in [3.05, 3.63) is 0 Å². The molecule has 0 radical (unpaired) electrons. The average molecular weight is 295 g/mol. The van der Waals surface area contributed by atoms with Crippen molar-refractivity contribution in [3.8, 4) is 6.07 Å². The highest BCUT2D eigenvalue weighted by atomic mass is 16.5. The van der Waals surface area contributed by atoms with E-state index >= 15 is 0 Å². The summed E-state index contributed by atoms with van der Waals surface area (Å²) in [5.74, 6) is -0.00466. The molecule has 0 saturated carbocycles. The Morgan fingerprint density at radius 3 is 2.38 bits per heavy atom. The Hall–Kier alpha value is -1.12. The molecule has 5 heteroatoms. The van der Waals surface area contributed by atoms with Gasteiger partial charge in [0.05, 0.1) is 12.6 Å². The maximum Gasteiger partial charge on any atom is 0.235 e. The fourth-order valence-electron chi connectivity index (χ4n) is 2.55. The van der Waals surface area contributed by atoms with Gasteiger partial charge >= 0.3 is 0 Å². The van der Waals surface area contributed by atoms with Crippen LogP contribution >= 0.6 is 0 Å². The highest BCUT2D eigenvalue weighted by molar-refractivity contribution is 5.79. The molecule has 1 aliphatic heterocycles. The van der Waals surface area contributed by atoms with Crippen LogP contribution in [0, 0.1) is 17.2 Å². The van der Waals surface area contributed by atoms with Crippen molar-refractivity contribution in [3.63, 3.8) is 0 Å². The summed E-state index contributed by atoms with van der Waals surface area (Å²) in [5.41, 5.74) is -0.810. The van der Waals surface area contributed by atoms with Gasteiger partial charge in [0.2, 0.25) is 5.91 Å². The van der Waals surface area contributed by atoms with Crippen molar-refractivity contribution >= 4 is 5.91 Å². The maximum absolute atomic E-state index is 12.3. The van der Waals surface area contributed by atoms with Gasteiger partial charge in [-0.1, -0.05) is 13.8 Å². The average Bonchev–Trinajstić information content (AvgIpc) is 2.45. The smallest absolute Gasteiger partial charge is 0.235 e. The van der Waals surface area contributed by atoms with Crippen LogP contribution in [0.15, 0.2) is 0 Å². The fourth-order valence-corrected chi connectivity index (χ4v) is 2.55. The molecule has 1 rings (SSSR count). The van der Waals surface area contributed by atoms with Gasteiger partial charge in [-0.3, -0.25) is 9.69 Å². The van der Waals surface area contributed by atoms with E-state index in [1.165, 1.54) is 0 Å². The van der Waals surface area contributed by atoms with Gasteiger partial charge in [-0.05, 0) is 39.5 Å². The number of ether oxygens (including phenoxy) is 1. The van der Waals surface area contributed by atoms with Crippen LogP contribution in [0.3, 0.4) is 0 Å². The zero-order valence-corrected chi connectivity index (χ0v) is 14.0. The fraction of sp³-hybridized carbons (Fsp3) is 0.875. The molecular weight excluding hydrogens is 266 g/mol. The molecule has 0 spiro atoms. The molecule has 0 aromatic heterocycles. The normalized spacial score (nSPS) is 19.6. The summed E-state index contributed by atoms with van der Waals surface area (Å²) in [6.07, 6.45) is 1.93. The first kappa shape index (κ1) is 17.9. The number of nitrogens with zero attached hydrogens (tertiary/aromatic N) is 2. The van der Waals surface area contributed by atoms with E-state index in [2.05, 4.69) is 30.1 Å². The van der Waals surface area contributed by atoms with Gasteiger partial charge < -0.3 is 10.1 Å². The number of nitrogens with one attached hydrogen (secondary N) is 1. The maximum atomic E-state index is 12.3. The number of hydrogen-bond donors (Lipinski definition) is 1. The standard InChI is InChI=1S/C16H29N3O2/c1-12(2)16(5,11-17)18-15(20)10-19(13(3)4)14-6-8-21-9-7-14/h12-14H,6-10H2,1-5H3,(H,18,20)/t16-/m0/s1. The first-order chi connectivity index (χ1) is 9.80. The molecule has 5 nitrogen and oxygen atoms in total. The molecule has 1 N–H and O–H groups in total.